The van der Waals surface area contributed by atoms with Gasteiger partial charge >= 0.3 is 12.1 Å². The van der Waals surface area contributed by atoms with E-state index in [1.807, 2.05) is 6.07 Å². The molecule has 10 heteroatoms. The first-order valence-electron chi connectivity index (χ1n) is 13.0. The van der Waals surface area contributed by atoms with Crippen molar-refractivity contribution >= 4 is 63.2 Å². The highest BCUT2D eigenvalue weighted by molar-refractivity contribution is 7.16. The van der Waals surface area contributed by atoms with E-state index >= 15 is 0 Å². The number of hydrogen-bond donors (Lipinski definition) is 1. The Labute approximate surface area is 241 Å². The third-order valence-corrected chi connectivity index (χ3v) is 9.71. The van der Waals surface area contributed by atoms with Gasteiger partial charge in [0, 0.05) is 30.6 Å². The standard InChI is InChI=1S/C29H35N3O4S3/c1-9-35-21(33)15-16-22(17-11-13-19(37-17)28(3,4)5)25-26(32-39-31-25)23(24(16)30-27(34)36-10-2)18-12-14-20(38-18)29(6,7)8/h11-14H,9-10,15H2,1-8H3,(H,30,34). The highest BCUT2D eigenvalue weighted by atomic mass is 32.1. The number of aromatic nitrogens is 2. The maximum absolute atomic E-state index is 13.0. The van der Waals surface area contributed by atoms with Crippen LogP contribution >= 0.6 is 34.4 Å². The van der Waals surface area contributed by atoms with Crippen molar-refractivity contribution in [3.63, 3.8) is 0 Å². The molecule has 3 aromatic heterocycles. The molecule has 0 unspecified atom stereocenters. The number of nitrogens with one attached hydrogen (secondary N) is 1. The summed E-state index contributed by atoms with van der Waals surface area (Å²) < 4.78 is 20.1. The number of esters is 1. The molecule has 0 saturated heterocycles. The van der Waals surface area contributed by atoms with Gasteiger partial charge in [-0.15, -0.1) is 22.7 Å². The lowest BCUT2D eigenvalue weighted by atomic mass is 9.93. The molecule has 39 heavy (non-hydrogen) atoms. The summed E-state index contributed by atoms with van der Waals surface area (Å²) in [4.78, 5) is 30.2. The second kappa shape index (κ2) is 11.3. The van der Waals surface area contributed by atoms with Crippen molar-refractivity contribution in [2.75, 3.05) is 18.5 Å². The lowest BCUT2D eigenvalue weighted by Crippen LogP contribution is -2.18. The maximum atomic E-state index is 13.0. The predicted octanol–water partition coefficient (Wildman–Crippen LogP) is 8.42. The Balaban J connectivity index is 2.09. The number of ether oxygens (including phenoxy) is 2. The summed E-state index contributed by atoms with van der Waals surface area (Å²) in [6.45, 7) is 17.0. The van der Waals surface area contributed by atoms with Crippen molar-refractivity contribution in [1.82, 2.24) is 8.75 Å². The quantitative estimate of drug-likeness (QED) is 0.219. The van der Waals surface area contributed by atoms with Crippen molar-refractivity contribution in [3.8, 4) is 20.9 Å². The molecule has 0 aliphatic carbocycles. The molecule has 4 aromatic rings. The minimum Gasteiger partial charge on any atom is -0.466 e. The second-order valence-electron chi connectivity index (χ2n) is 11.2. The van der Waals surface area contributed by atoms with Crippen LogP contribution in [0.2, 0.25) is 0 Å². The monoisotopic (exact) mass is 585 g/mol. The van der Waals surface area contributed by atoms with Crippen LogP contribution in [0.1, 0.15) is 70.7 Å². The molecule has 7 nitrogen and oxygen atoms in total. The summed E-state index contributed by atoms with van der Waals surface area (Å²) in [5.74, 6) is -0.381. The molecule has 1 amide bonds. The van der Waals surface area contributed by atoms with E-state index < -0.39 is 6.09 Å². The summed E-state index contributed by atoms with van der Waals surface area (Å²) >= 11 is 4.42. The molecule has 4 rings (SSSR count). The summed E-state index contributed by atoms with van der Waals surface area (Å²) in [5, 5.41) is 2.98. The van der Waals surface area contributed by atoms with Crippen LogP contribution in [0.15, 0.2) is 24.3 Å². The van der Waals surface area contributed by atoms with Crippen LogP contribution in [-0.2, 0) is 31.5 Å². The zero-order valence-electron chi connectivity index (χ0n) is 23.7. The Morgan fingerprint density at radius 1 is 0.795 bits per heavy atom. The van der Waals surface area contributed by atoms with Crippen LogP contribution in [-0.4, -0.2) is 34.0 Å². The summed E-state index contributed by atoms with van der Waals surface area (Å²) in [6.07, 6.45) is -0.627. The molecule has 0 fully saturated rings. The Kier molecular flexibility index (Phi) is 8.49. The van der Waals surface area contributed by atoms with E-state index in [0.29, 0.717) is 22.3 Å². The minimum absolute atomic E-state index is 0.0361. The van der Waals surface area contributed by atoms with E-state index in [0.717, 1.165) is 32.6 Å². The molecule has 208 valence electrons. The van der Waals surface area contributed by atoms with Gasteiger partial charge in [-0.25, -0.2) is 4.79 Å². The Morgan fingerprint density at radius 3 is 1.79 bits per heavy atom. The normalized spacial score (nSPS) is 12.1. The molecule has 0 atom stereocenters. The van der Waals surface area contributed by atoms with Crippen molar-refractivity contribution in [1.29, 1.82) is 0 Å². The highest BCUT2D eigenvalue weighted by Crippen LogP contribution is 2.49. The lowest BCUT2D eigenvalue weighted by molar-refractivity contribution is -0.142. The zero-order valence-corrected chi connectivity index (χ0v) is 26.1. The molecule has 0 bridgehead atoms. The largest absolute Gasteiger partial charge is 0.466 e. The molecular weight excluding hydrogens is 551 g/mol. The fraction of sp³-hybridized carbons (Fsp3) is 0.448. The van der Waals surface area contributed by atoms with Gasteiger partial charge in [-0.1, -0.05) is 41.5 Å². The average molecular weight is 586 g/mol. The van der Waals surface area contributed by atoms with Gasteiger partial charge in [0.15, 0.2) is 0 Å². The number of rotatable bonds is 7. The smallest absolute Gasteiger partial charge is 0.411 e. The summed E-state index contributed by atoms with van der Waals surface area (Å²) in [7, 11) is 0. The van der Waals surface area contributed by atoms with Gasteiger partial charge in [0.25, 0.3) is 0 Å². The number of thiophene rings is 2. The van der Waals surface area contributed by atoms with Crippen molar-refractivity contribution in [2.24, 2.45) is 0 Å². The van der Waals surface area contributed by atoms with Gasteiger partial charge in [-0.2, -0.15) is 8.75 Å². The molecular formula is C29H35N3O4S3. The molecule has 3 heterocycles. The molecule has 0 aliphatic heterocycles. The van der Waals surface area contributed by atoms with Gasteiger partial charge < -0.3 is 9.47 Å². The molecule has 0 spiro atoms. The third kappa shape index (κ3) is 6.18. The van der Waals surface area contributed by atoms with E-state index in [9.17, 15) is 9.59 Å². The zero-order chi connectivity index (χ0) is 28.5. The molecule has 0 saturated carbocycles. The van der Waals surface area contributed by atoms with Crippen molar-refractivity contribution in [2.45, 2.75) is 72.6 Å². The van der Waals surface area contributed by atoms with Crippen LogP contribution in [0.25, 0.3) is 31.9 Å². The fourth-order valence-corrected chi connectivity index (χ4v) is 7.06. The van der Waals surface area contributed by atoms with Gasteiger partial charge in [0.05, 0.1) is 37.1 Å². The highest BCUT2D eigenvalue weighted by Gasteiger charge is 2.30. The fourth-order valence-electron chi connectivity index (χ4n) is 4.25. The first-order valence-corrected chi connectivity index (χ1v) is 15.3. The number of fused-ring (bicyclic) bond motifs is 1. The third-order valence-electron chi connectivity index (χ3n) is 6.13. The SMILES string of the molecule is CCOC(=O)Cc1c(NC(=O)OCC)c(-c2ccc(C(C)(C)C)s2)c2nsnc2c1-c1ccc(C(C)(C)C)s1. The predicted molar refractivity (Wildman–Crippen MR) is 162 cm³/mol. The van der Waals surface area contributed by atoms with Crippen LogP contribution in [0.4, 0.5) is 10.5 Å². The van der Waals surface area contributed by atoms with Crippen molar-refractivity contribution < 1.29 is 19.1 Å². The number of benzene rings is 1. The topological polar surface area (TPSA) is 90.4 Å². The number of anilines is 1. The number of carbonyl (C=O) groups excluding carboxylic acids is 2. The summed E-state index contributed by atoms with van der Waals surface area (Å²) in [5.41, 5.74) is 3.97. The lowest BCUT2D eigenvalue weighted by Gasteiger charge is -2.20. The van der Waals surface area contributed by atoms with E-state index in [1.54, 1.807) is 36.5 Å². The number of nitrogens with zero attached hydrogens (tertiary/aromatic N) is 2. The van der Waals surface area contributed by atoms with Gasteiger partial charge in [-0.3, -0.25) is 10.1 Å². The van der Waals surface area contributed by atoms with Crippen LogP contribution < -0.4 is 5.32 Å². The maximum Gasteiger partial charge on any atom is 0.411 e. The molecule has 0 radical (unpaired) electrons. The first kappa shape index (κ1) is 29.2. The number of amides is 1. The van der Waals surface area contributed by atoms with E-state index in [-0.39, 0.29) is 36.4 Å². The Hall–Kier alpha value is -2.82. The molecule has 0 aliphatic rings. The van der Waals surface area contributed by atoms with E-state index in [1.165, 1.54) is 9.75 Å². The van der Waals surface area contributed by atoms with Crippen LogP contribution in [0.3, 0.4) is 0 Å². The first-order chi connectivity index (χ1) is 18.3. The van der Waals surface area contributed by atoms with Crippen molar-refractivity contribution in [3.05, 3.63) is 39.6 Å². The van der Waals surface area contributed by atoms with Gasteiger partial charge in [0.1, 0.15) is 11.0 Å². The van der Waals surface area contributed by atoms with E-state index in [4.69, 9.17) is 18.2 Å². The average Bonchev–Trinajstić information content (AvgIpc) is 3.59. The van der Waals surface area contributed by atoms with Gasteiger partial charge in [0.2, 0.25) is 0 Å². The Morgan fingerprint density at radius 2 is 1.31 bits per heavy atom. The van der Waals surface area contributed by atoms with Gasteiger partial charge in [-0.05, 0) is 54.5 Å². The Bertz CT molecular complexity index is 1390. The number of carbonyl (C=O) groups is 2. The van der Waals surface area contributed by atoms with Crippen LogP contribution in [0, 0.1) is 0 Å². The number of hydrogen-bond acceptors (Lipinski definition) is 9. The minimum atomic E-state index is -0.591. The molecule has 1 aromatic carbocycles. The second-order valence-corrected chi connectivity index (χ2v) is 13.9. The molecule has 1 N–H and O–H groups in total. The van der Waals surface area contributed by atoms with Crippen LogP contribution in [0.5, 0.6) is 0 Å². The summed E-state index contributed by atoms with van der Waals surface area (Å²) in [6, 6.07) is 8.33. The van der Waals surface area contributed by atoms with E-state index in [2.05, 4.69) is 65.1 Å².